The minimum atomic E-state index is -0.761. The van der Waals surface area contributed by atoms with Crippen LogP contribution in [0.1, 0.15) is 11.7 Å². The molecule has 2 aromatic carbocycles. The SMILES string of the molecule is COc1cccc(N2C(S)=C(C#N)C(=O)NC2c2ccoc2-c2ccc([N+](=O)[O-])cc2)c1. The van der Waals surface area contributed by atoms with Gasteiger partial charge in [0.05, 0.1) is 23.3 Å². The largest absolute Gasteiger partial charge is 0.497 e. The Morgan fingerprint density at radius 2 is 2.00 bits per heavy atom. The summed E-state index contributed by atoms with van der Waals surface area (Å²) >= 11 is 4.49. The Labute approximate surface area is 188 Å². The lowest BCUT2D eigenvalue weighted by atomic mass is 10.0. The molecule has 1 unspecified atom stereocenters. The molecule has 0 saturated carbocycles. The van der Waals surface area contributed by atoms with Gasteiger partial charge in [-0.05, 0) is 30.3 Å². The Balaban J connectivity index is 1.84. The molecule has 10 heteroatoms. The molecule has 1 atom stereocenters. The van der Waals surface area contributed by atoms with Gasteiger partial charge in [-0.1, -0.05) is 6.07 Å². The van der Waals surface area contributed by atoms with Gasteiger partial charge in [0.2, 0.25) is 0 Å². The lowest BCUT2D eigenvalue weighted by molar-refractivity contribution is -0.384. The molecule has 0 bridgehead atoms. The normalized spacial score (nSPS) is 15.8. The second-order valence-electron chi connectivity index (χ2n) is 6.77. The second kappa shape index (κ2) is 8.49. The zero-order chi connectivity index (χ0) is 22.8. The van der Waals surface area contributed by atoms with Crippen molar-refractivity contribution in [2.45, 2.75) is 6.17 Å². The van der Waals surface area contributed by atoms with Gasteiger partial charge < -0.3 is 19.4 Å². The van der Waals surface area contributed by atoms with Crippen LogP contribution in [0.25, 0.3) is 11.3 Å². The van der Waals surface area contributed by atoms with Crippen LogP contribution in [0.15, 0.2) is 75.9 Å². The van der Waals surface area contributed by atoms with E-state index >= 15 is 0 Å². The molecule has 0 fully saturated rings. The van der Waals surface area contributed by atoms with Gasteiger partial charge in [-0.2, -0.15) is 5.26 Å². The zero-order valence-electron chi connectivity index (χ0n) is 16.7. The summed E-state index contributed by atoms with van der Waals surface area (Å²) in [5, 5.41) is 23.4. The van der Waals surface area contributed by atoms with Crippen molar-refractivity contribution in [1.82, 2.24) is 5.32 Å². The quantitative estimate of drug-likeness (QED) is 0.341. The van der Waals surface area contributed by atoms with Crippen LogP contribution in [0, 0.1) is 21.4 Å². The molecule has 0 aliphatic carbocycles. The maximum Gasteiger partial charge on any atom is 0.269 e. The number of carbonyl (C=O) groups is 1. The van der Waals surface area contributed by atoms with Crippen LogP contribution in [-0.2, 0) is 4.79 Å². The smallest absolute Gasteiger partial charge is 0.269 e. The number of anilines is 1. The van der Waals surface area contributed by atoms with Crippen LogP contribution >= 0.6 is 12.6 Å². The van der Waals surface area contributed by atoms with Gasteiger partial charge in [-0.15, -0.1) is 12.6 Å². The summed E-state index contributed by atoms with van der Waals surface area (Å²) in [4.78, 5) is 24.8. The Bertz CT molecular complexity index is 1280. The summed E-state index contributed by atoms with van der Waals surface area (Å²) in [6.07, 6.45) is 0.701. The summed E-state index contributed by atoms with van der Waals surface area (Å²) in [7, 11) is 1.54. The monoisotopic (exact) mass is 448 g/mol. The second-order valence-corrected chi connectivity index (χ2v) is 7.19. The number of hydrogen-bond acceptors (Lipinski definition) is 8. The van der Waals surface area contributed by atoms with Crippen LogP contribution in [0.2, 0.25) is 0 Å². The van der Waals surface area contributed by atoms with Crippen molar-refractivity contribution in [3.05, 3.63) is 87.1 Å². The molecule has 160 valence electrons. The highest BCUT2D eigenvalue weighted by Gasteiger charge is 2.36. The first kappa shape index (κ1) is 21.0. The van der Waals surface area contributed by atoms with Crippen molar-refractivity contribution in [1.29, 1.82) is 5.26 Å². The average molecular weight is 448 g/mol. The Morgan fingerprint density at radius 1 is 1.25 bits per heavy atom. The Morgan fingerprint density at radius 3 is 2.66 bits per heavy atom. The van der Waals surface area contributed by atoms with E-state index in [2.05, 4.69) is 17.9 Å². The Hall–Kier alpha value is -4.23. The number of methoxy groups -OCH3 is 1. The number of nitriles is 1. The third-order valence-electron chi connectivity index (χ3n) is 4.98. The Kier molecular flexibility index (Phi) is 5.57. The summed E-state index contributed by atoms with van der Waals surface area (Å²) < 4.78 is 11.0. The highest BCUT2D eigenvalue weighted by molar-refractivity contribution is 7.84. The first-order valence-corrected chi connectivity index (χ1v) is 9.79. The third-order valence-corrected chi connectivity index (χ3v) is 5.42. The molecule has 32 heavy (non-hydrogen) atoms. The lowest BCUT2D eigenvalue weighted by Gasteiger charge is -2.37. The van der Waals surface area contributed by atoms with Crippen LogP contribution < -0.4 is 15.0 Å². The molecule has 1 amide bonds. The lowest BCUT2D eigenvalue weighted by Crippen LogP contribution is -2.46. The fraction of sp³-hybridized carbons (Fsp3) is 0.0909. The van der Waals surface area contributed by atoms with E-state index in [9.17, 15) is 20.2 Å². The number of furan rings is 1. The number of ether oxygens (including phenoxy) is 1. The van der Waals surface area contributed by atoms with E-state index in [0.29, 0.717) is 28.3 Å². The number of benzene rings is 2. The number of amides is 1. The molecule has 1 aliphatic heterocycles. The summed E-state index contributed by atoms with van der Waals surface area (Å²) in [5.41, 5.74) is 1.62. The molecule has 0 spiro atoms. The molecule has 4 rings (SSSR count). The molecule has 1 aliphatic rings. The summed E-state index contributed by atoms with van der Waals surface area (Å²) in [6, 6.07) is 16.6. The standard InChI is InChI=1S/C22H16N4O5S/c1-30-16-4-2-3-15(11-16)25-20(24-21(27)18(12-23)22(25)32)17-9-10-31-19(17)13-5-7-14(8-6-13)26(28)29/h2-11,20,32H,1H3,(H,24,27). The van der Waals surface area contributed by atoms with Gasteiger partial charge >= 0.3 is 0 Å². The predicted molar refractivity (Wildman–Crippen MR) is 119 cm³/mol. The molecule has 9 nitrogen and oxygen atoms in total. The van der Waals surface area contributed by atoms with Gasteiger partial charge in [0.1, 0.15) is 29.3 Å². The number of nitrogens with one attached hydrogen (secondary N) is 1. The van der Waals surface area contributed by atoms with E-state index in [0.717, 1.165) is 0 Å². The van der Waals surface area contributed by atoms with E-state index in [1.807, 2.05) is 6.07 Å². The van der Waals surface area contributed by atoms with Crippen molar-refractivity contribution in [2.75, 3.05) is 12.0 Å². The number of non-ortho nitro benzene ring substituents is 1. The topological polar surface area (TPSA) is 122 Å². The van der Waals surface area contributed by atoms with Crippen molar-refractivity contribution in [3.8, 4) is 23.1 Å². The van der Waals surface area contributed by atoms with Crippen LogP contribution in [-0.4, -0.2) is 17.9 Å². The molecule has 2 heterocycles. The van der Waals surface area contributed by atoms with E-state index in [1.54, 1.807) is 47.4 Å². The maximum absolute atomic E-state index is 12.6. The molecule has 0 saturated heterocycles. The van der Waals surface area contributed by atoms with E-state index in [-0.39, 0.29) is 16.3 Å². The zero-order valence-corrected chi connectivity index (χ0v) is 17.6. The van der Waals surface area contributed by atoms with Crippen molar-refractivity contribution in [3.63, 3.8) is 0 Å². The van der Waals surface area contributed by atoms with Crippen molar-refractivity contribution < 1.29 is 18.9 Å². The molecule has 1 aromatic heterocycles. The van der Waals surface area contributed by atoms with Gasteiger partial charge in [0, 0.05) is 35.0 Å². The molecular formula is C22H16N4O5S. The molecular weight excluding hydrogens is 432 g/mol. The number of carbonyl (C=O) groups excluding carboxylic acids is 1. The van der Waals surface area contributed by atoms with Crippen LogP contribution in [0.4, 0.5) is 11.4 Å². The van der Waals surface area contributed by atoms with Crippen molar-refractivity contribution in [2.24, 2.45) is 0 Å². The van der Waals surface area contributed by atoms with Crippen molar-refractivity contribution >= 4 is 29.9 Å². The number of thiol groups is 1. The molecule has 1 N–H and O–H groups in total. The highest BCUT2D eigenvalue weighted by atomic mass is 32.1. The van der Waals surface area contributed by atoms with Gasteiger partial charge in [-0.25, -0.2) is 0 Å². The number of nitro benzene ring substituents is 1. The van der Waals surface area contributed by atoms with Gasteiger partial charge in [0.15, 0.2) is 0 Å². The summed E-state index contributed by atoms with van der Waals surface area (Å²) in [6.45, 7) is 0. The number of nitrogens with zero attached hydrogens (tertiary/aromatic N) is 3. The highest BCUT2D eigenvalue weighted by Crippen LogP contribution is 2.40. The minimum Gasteiger partial charge on any atom is -0.497 e. The third kappa shape index (κ3) is 3.66. The fourth-order valence-electron chi connectivity index (χ4n) is 3.46. The predicted octanol–water partition coefficient (Wildman–Crippen LogP) is 4.16. The van der Waals surface area contributed by atoms with Gasteiger partial charge in [-0.3, -0.25) is 14.9 Å². The van der Waals surface area contributed by atoms with Gasteiger partial charge in [0.25, 0.3) is 11.6 Å². The number of nitro groups is 1. The van der Waals surface area contributed by atoms with E-state index < -0.39 is 17.0 Å². The number of hydrogen-bond donors (Lipinski definition) is 2. The van der Waals surface area contributed by atoms with E-state index in [4.69, 9.17) is 9.15 Å². The maximum atomic E-state index is 12.6. The first-order valence-electron chi connectivity index (χ1n) is 9.34. The minimum absolute atomic E-state index is 0.0509. The number of rotatable bonds is 5. The van der Waals surface area contributed by atoms with E-state index in [1.165, 1.54) is 25.5 Å². The van der Waals surface area contributed by atoms with Crippen LogP contribution in [0.5, 0.6) is 5.75 Å². The average Bonchev–Trinajstić information content (AvgIpc) is 3.29. The van der Waals surface area contributed by atoms with Crippen LogP contribution in [0.3, 0.4) is 0 Å². The molecule has 3 aromatic rings. The molecule has 0 radical (unpaired) electrons. The summed E-state index contributed by atoms with van der Waals surface area (Å²) in [5.74, 6) is 0.428. The first-order chi connectivity index (χ1) is 15.4. The fourth-order valence-corrected chi connectivity index (χ4v) is 3.84.